The predicted octanol–water partition coefficient (Wildman–Crippen LogP) is -1.62. The Morgan fingerprint density at radius 3 is 2.67 bits per heavy atom. The molecule has 0 radical (unpaired) electrons. The molecule has 10 heteroatoms. The predicted molar refractivity (Wildman–Crippen MR) is 52.5 cm³/mol. The summed E-state index contributed by atoms with van der Waals surface area (Å²) >= 11 is 3.03. The average Bonchev–Trinajstić information content (AvgIpc) is 2.45. The second-order valence-corrected chi connectivity index (χ2v) is 3.19. The van der Waals surface area contributed by atoms with Crippen LogP contribution in [0.15, 0.2) is 14.3 Å². The molecule has 0 saturated carbocycles. The van der Waals surface area contributed by atoms with Gasteiger partial charge in [-0.2, -0.15) is 9.67 Å². The number of nitrogen functional groups attached to an aromatic ring is 1. The summed E-state index contributed by atoms with van der Waals surface area (Å²) < 4.78 is 1.27. The summed E-state index contributed by atoms with van der Waals surface area (Å²) in [5, 5.41) is 9.28. The summed E-state index contributed by atoms with van der Waals surface area (Å²) in [5.41, 5.74) is 3.92. The van der Waals surface area contributed by atoms with E-state index in [0.717, 1.165) is 4.68 Å². The molecule has 78 valence electrons. The van der Waals surface area contributed by atoms with E-state index in [1.165, 1.54) is 0 Å². The molecule has 0 fully saturated rings. The number of hydrogen-bond donors (Lipinski definition) is 3. The number of aromatic nitrogens is 6. The van der Waals surface area contributed by atoms with Crippen LogP contribution >= 0.6 is 15.9 Å². The van der Waals surface area contributed by atoms with E-state index < -0.39 is 11.2 Å². The average molecular weight is 274 g/mol. The minimum atomic E-state index is -0.701. The number of rotatable bonds is 1. The summed E-state index contributed by atoms with van der Waals surface area (Å²) in [7, 11) is 0. The van der Waals surface area contributed by atoms with E-state index in [9.17, 15) is 9.59 Å². The van der Waals surface area contributed by atoms with Crippen LogP contribution in [0.2, 0.25) is 0 Å². The van der Waals surface area contributed by atoms with Crippen LogP contribution in [0.25, 0.3) is 5.82 Å². The van der Waals surface area contributed by atoms with Crippen molar-refractivity contribution in [2.75, 3.05) is 5.73 Å². The summed E-state index contributed by atoms with van der Waals surface area (Å²) in [5.74, 6) is -0.153. The summed E-state index contributed by atoms with van der Waals surface area (Å²) in [6.45, 7) is 0. The van der Waals surface area contributed by atoms with E-state index >= 15 is 0 Å². The van der Waals surface area contributed by atoms with Crippen molar-refractivity contribution in [2.45, 2.75) is 0 Å². The molecule has 0 saturated heterocycles. The van der Waals surface area contributed by atoms with Crippen molar-refractivity contribution in [2.24, 2.45) is 0 Å². The third kappa shape index (κ3) is 1.66. The first kappa shape index (κ1) is 9.58. The molecule has 9 nitrogen and oxygen atoms in total. The van der Waals surface area contributed by atoms with Crippen molar-refractivity contribution in [3.05, 3.63) is 25.6 Å². The molecule has 0 spiro atoms. The highest BCUT2D eigenvalue weighted by atomic mass is 79.9. The van der Waals surface area contributed by atoms with Gasteiger partial charge >= 0.3 is 5.69 Å². The fourth-order valence-corrected chi connectivity index (χ4v) is 1.36. The Morgan fingerprint density at radius 1 is 1.40 bits per heavy atom. The van der Waals surface area contributed by atoms with Crippen LogP contribution in [0.1, 0.15) is 0 Å². The van der Waals surface area contributed by atoms with Crippen LogP contribution in [0, 0.1) is 0 Å². The third-order valence-electron chi connectivity index (χ3n) is 1.48. The van der Waals surface area contributed by atoms with Gasteiger partial charge in [-0.05, 0) is 15.9 Å². The van der Waals surface area contributed by atoms with Crippen LogP contribution < -0.4 is 17.0 Å². The lowest BCUT2D eigenvalue weighted by molar-refractivity contribution is 0.754. The van der Waals surface area contributed by atoms with Crippen LogP contribution in [-0.2, 0) is 0 Å². The molecule has 2 heterocycles. The SMILES string of the molecule is Nc1nc(Br)n(-c2n[nH]c(=O)[nH]c2=O)n1. The van der Waals surface area contributed by atoms with Crippen molar-refractivity contribution in [1.29, 1.82) is 0 Å². The molecular formula is C5H4BrN7O2. The standard InChI is InChI=1S/C5H4BrN7O2/c6-3-9-4(7)12-13(3)1-2(14)8-5(15)11-10-1/h(H2,7,12)(H2,8,11,14,15). The Bertz CT molecular complexity index is 610. The Kier molecular flexibility index (Phi) is 2.11. The van der Waals surface area contributed by atoms with Crippen molar-refractivity contribution in [3.8, 4) is 5.82 Å². The monoisotopic (exact) mass is 273 g/mol. The first-order valence-electron chi connectivity index (χ1n) is 3.65. The normalized spacial score (nSPS) is 10.5. The second-order valence-electron chi connectivity index (χ2n) is 2.48. The Morgan fingerprint density at radius 2 is 2.13 bits per heavy atom. The van der Waals surface area contributed by atoms with Gasteiger partial charge in [0.05, 0.1) is 0 Å². The van der Waals surface area contributed by atoms with E-state index in [4.69, 9.17) is 5.73 Å². The van der Waals surface area contributed by atoms with Crippen LogP contribution in [0.3, 0.4) is 0 Å². The molecule has 0 aliphatic heterocycles. The highest BCUT2D eigenvalue weighted by molar-refractivity contribution is 9.10. The van der Waals surface area contributed by atoms with Crippen LogP contribution in [0.5, 0.6) is 0 Å². The van der Waals surface area contributed by atoms with Gasteiger partial charge in [0.15, 0.2) is 0 Å². The molecule has 0 amide bonds. The largest absolute Gasteiger partial charge is 0.366 e. The summed E-state index contributed by atoms with van der Waals surface area (Å²) in [4.78, 5) is 27.7. The van der Waals surface area contributed by atoms with Crippen LogP contribution in [0.4, 0.5) is 5.95 Å². The maximum atomic E-state index is 11.3. The van der Waals surface area contributed by atoms with Gasteiger partial charge in [-0.15, -0.1) is 10.2 Å². The van der Waals surface area contributed by atoms with Gasteiger partial charge in [-0.3, -0.25) is 9.78 Å². The van der Waals surface area contributed by atoms with Gasteiger partial charge in [0, 0.05) is 0 Å². The molecule has 0 unspecified atom stereocenters. The summed E-state index contributed by atoms with van der Waals surface area (Å²) in [6, 6.07) is 0. The maximum absolute atomic E-state index is 11.3. The maximum Gasteiger partial charge on any atom is 0.342 e. The minimum absolute atomic E-state index is 0.0192. The molecule has 2 rings (SSSR count). The Balaban J connectivity index is 2.69. The van der Waals surface area contributed by atoms with Gasteiger partial charge in [-0.25, -0.2) is 9.89 Å². The number of nitrogens with one attached hydrogen (secondary N) is 2. The smallest absolute Gasteiger partial charge is 0.342 e. The lowest BCUT2D eigenvalue weighted by Crippen LogP contribution is -2.28. The van der Waals surface area contributed by atoms with E-state index in [2.05, 4.69) is 36.2 Å². The lowest BCUT2D eigenvalue weighted by atomic mass is 10.7. The zero-order valence-electron chi connectivity index (χ0n) is 7.06. The number of hydrogen-bond acceptors (Lipinski definition) is 6. The molecule has 4 N–H and O–H groups in total. The molecule has 0 aromatic carbocycles. The number of aromatic amines is 2. The number of nitrogens with two attached hydrogens (primary N) is 1. The van der Waals surface area contributed by atoms with Crippen molar-refractivity contribution < 1.29 is 0 Å². The fraction of sp³-hybridized carbons (Fsp3) is 0. The Hall–Kier alpha value is -1.97. The highest BCUT2D eigenvalue weighted by Gasteiger charge is 2.12. The van der Waals surface area contributed by atoms with Gasteiger partial charge in [0.25, 0.3) is 5.56 Å². The van der Waals surface area contributed by atoms with Crippen molar-refractivity contribution in [1.82, 2.24) is 29.9 Å². The lowest BCUT2D eigenvalue weighted by Gasteiger charge is -1.96. The molecular weight excluding hydrogens is 270 g/mol. The van der Waals surface area contributed by atoms with E-state index in [1.54, 1.807) is 0 Å². The van der Waals surface area contributed by atoms with Gasteiger partial charge in [0.2, 0.25) is 16.5 Å². The first-order chi connectivity index (χ1) is 7.08. The third-order valence-corrected chi connectivity index (χ3v) is 1.99. The molecule has 15 heavy (non-hydrogen) atoms. The molecule has 0 aliphatic carbocycles. The molecule has 2 aromatic heterocycles. The molecule has 0 aliphatic rings. The quantitative estimate of drug-likeness (QED) is 0.572. The zero-order chi connectivity index (χ0) is 11.0. The van der Waals surface area contributed by atoms with E-state index in [0.29, 0.717) is 0 Å². The Labute approximate surface area is 89.5 Å². The fourth-order valence-electron chi connectivity index (χ4n) is 0.928. The van der Waals surface area contributed by atoms with Crippen molar-refractivity contribution in [3.63, 3.8) is 0 Å². The number of H-pyrrole nitrogens is 2. The minimum Gasteiger partial charge on any atom is -0.366 e. The van der Waals surface area contributed by atoms with E-state index in [-0.39, 0.29) is 16.5 Å². The molecule has 0 atom stereocenters. The number of halogens is 1. The highest BCUT2D eigenvalue weighted by Crippen LogP contribution is 2.09. The topological polar surface area (TPSA) is 135 Å². The summed E-state index contributed by atoms with van der Waals surface area (Å²) in [6.07, 6.45) is 0. The van der Waals surface area contributed by atoms with Gasteiger partial charge < -0.3 is 5.73 Å². The van der Waals surface area contributed by atoms with Gasteiger partial charge in [0.1, 0.15) is 0 Å². The van der Waals surface area contributed by atoms with Gasteiger partial charge in [-0.1, -0.05) is 0 Å². The van der Waals surface area contributed by atoms with E-state index in [1.807, 2.05) is 4.98 Å². The number of anilines is 1. The zero-order valence-corrected chi connectivity index (χ0v) is 8.65. The second kappa shape index (κ2) is 3.31. The first-order valence-corrected chi connectivity index (χ1v) is 4.44. The van der Waals surface area contributed by atoms with Crippen LogP contribution in [-0.4, -0.2) is 29.9 Å². The molecule has 2 aromatic rings. The number of nitrogens with zero attached hydrogens (tertiary/aromatic N) is 4. The van der Waals surface area contributed by atoms with Crippen molar-refractivity contribution >= 4 is 21.9 Å². The molecule has 0 bridgehead atoms.